The SMILES string of the molecule is CCCCOC(=O)C(C)O.O=Cc1ccco1. The highest BCUT2D eigenvalue weighted by molar-refractivity contribution is 5.73. The summed E-state index contributed by atoms with van der Waals surface area (Å²) >= 11 is 0. The Balaban J connectivity index is 0.000000318. The van der Waals surface area contributed by atoms with Gasteiger partial charge in [0, 0.05) is 0 Å². The summed E-state index contributed by atoms with van der Waals surface area (Å²) in [7, 11) is 0. The lowest BCUT2D eigenvalue weighted by Crippen LogP contribution is -2.19. The summed E-state index contributed by atoms with van der Waals surface area (Å²) in [5, 5.41) is 8.65. The molecule has 0 amide bonds. The van der Waals surface area contributed by atoms with E-state index in [9.17, 15) is 9.59 Å². The number of ether oxygens (including phenoxy) is 1. The fraction of sp³-hybridized carbons (Fsp3) is 0.500. The first kappa shape index (κ1) is 15.4. The van der Waals surface area contributed by atoms with E-state index in [0.717, 1.165) is 12.8 Å². The van der Waals surface area contributed by atoms with Crippen LogP contribution in [0.3, 0.4) is 0 Å². The lowest BCUT2D eigenvalue weighted by Gasteiger charge is -2.04. The van der Waals surface area contributed by atoms with E-state index in [-0.39, 0.29) is 0 Å². The van der Waals surface area contributed by atoms with Crippen molar-refractivity contribution in [2.24, 2.45) is 0 Å². The van der Waals surface area contributed by atoms with Gasteiger partial charge in [-0.15, -0.1) is 0 Å². The van der Waals surface area contributed by atoms with Crippen LogP contribution in [0.2, 0.25) is 0 Å². The predicted molar refractivity (Wildman–Crippen MR) is 61.6 cm³/mol. The molecule has 0 bridgehead atoms. The van der Waals surface area contributed by atoms with Gasteiger partial charge in [0.05, 0.1) is 12.9 Å². The molecule has 0 aliphatic rings. The minimum absolute atomic E-state index is 0.375. The van der Waals surface area contributed by atoms with Gasteiger partial charge in [-0.3, -0.25) is 4.79 Å². The van der Waals surface area contributed by atoms with Crippen LogP contribution in [0.4, 0.5) is 0 Å². The van der Waals surface area contributed by atoms with Crippen molar-refractivity contribution < 1.29 is 23.8 Å². The van der Waals surface area contributed by atoms with Gasteiger partial charge in [0.25, 0.3) is 0 Å². The van der Waals surface area contributed by atoms with Gasteiger partial charge in [0.15, 0.2) is 12.0 Å². The van der Waals surface area contributed by atoms with E-state index in [1.807, 2.05) is 6.92 Å². The van der Waals surface area contributed by atoms with E-state index in [4.69, 9.17) is 5.11 Å². The zero-order valence-corrected chi connectivity index (χ0v) is 10.1. The number of hydrogen-bond donors (Lipinski definition) is 1. The first-order valence-corrected chi connectivity index (χ1v) is 5.45. The minimum atomic E-state index is -0.989. The summed E-state index contributed by atoms with van der Waals surface area (Å²) < 4.78 is 9.27. The lowest BCUT2D eigenvalue weighted by atomic mass is 10.3. The molecule has 1 N–H and O–H groups in total. The molecular weight excluding hydrogens is 224 g/mol. The number of aldehydes is 1. The minimum Gasteiger partial charge on any atom is -0.464 e. The third-order valence-electron chi connectivity index (χ3n) is 1.74. The second-order valence-electron chi connectivity index (χ2n) is 3.33. The third kappa shape index (κ3) is 8.21. The van der Waals surface area contributed by atoms with E-state index < -0.39 is 12.1 Å². The van der Waals surface area contributed by atoms with Crippen LogP contribution in [0, 0.1) is 0 Å². The van der Waals surface area contributed by atoms with Gasteiger partial charge in [-0.1, -0.05) is 13.3 Å². The van der Waals surface area contributed by atoms with Gasteiger partial charge < -0.3 is 14.3 Å². The number of carbonyl (C=O) groups excluding carboxylic acids is 2. The lowest BCUT2D eigenvalue weighted by molar-refractivity contribution is -0.152. The Hall–Kier alpha value is -1.62. The fourth-order valence-corrected chi connectivity index (χ4v) is 0.796. The van der Waals surface area contributed by atoms with Gasteiger partial charge in [-0.05, 0) is 25.5 Å². The normalized spacial score (nSPS) is 11.0. The van der Waals surface area contributed by atoms with Crippen molar-refractivity contribution in [3.05, 3.63) is 24.2 Å². The van der Waals surface area contributed by atoms with Crippen LogP contribution in [0.5, 0.6) is 0 Å². The second kappa shape index (κ2) is 9.59. The zero-order valence-electron chi connectivity index (χ0n) is 10.1. The molecule has 1 heterocycles. The van der Waals surface area contributed by atoms with Gasteiger partial charge in [0.1, 0.15) is 6.10 Å². The largest absolute Gasteiger partial charge is 0.464 e. The summed E-state index contributed by atoms with van der Waals surface area (Å²) in [5.41, 5.74) is 0. The number of unbranched alkanes of at least 4 members (excludes halogenated alkanes) is 1. The van der Waals surface area contributed by atoms with Crippen LogP contribution < -0.4 is 0 Å². The highest BCUT2D eigenvalue weighted by Crippen LogP contribution is 1.93. The van der Waals surface area contributed by atoms with Crippen LogP contribution >= 0.6 is 0 Å². The summed E-state index contributed by atoms with van der Waals surface area (Å²) in [6, 6.07) is 3.27. The first-order valence-electron chi connectivity index (χ1n) is 5.45. The molecule has 0 spiro atoms. The molecule has 17 heavy (non-hydrogen) atoms. The van der Waals surface area contributed by atoms with Crippen LogP contribution in [0.15, 0.2) is 22.8 Å². The fourth-order valence-electron chi connectivity index (χ4n) is 0.796. The van der Waals surface area contributed by atoms with E-state index in [1.54, 1.807) is 12.1 Å². The second-order valence-corrected chi connectivity index (χ2v) is 3.33. The zero-order chi connectivity index (χ0) is 13.1. The molecular formula is C12H18O5. The summed E-state index contributed by atoms with van der Waals surface area (Å²) in [6.07, 6.45) is 2.99. The smallest absolute Gasteiger partial charge is 0.334 e. The maximum Gasteiger partial charge on any atom is 0.334 e. The van der Waals surface area contributed by atoms with E-state index in [2.05, 4.69) is 9.15 Å². The van der Waals surface area contributed by atoms with Gasteiger partial charge in [-0.25, -0.2) is 4.79 Å². The van der Waals surface area contributed by atoms with Gasteiger partial charge in [-0.2, -0.15) is 0 Å². The molecule has 1 unspecified atom stereocenters. The molecule has 0 aliphatic heterocycles. The molecule has 0 aliphatic carbocycles. The monoisotopic (exact) mass is 242 g/mol. The van der Waals surface area contributed by atoms with Crippen molar-refractivity contribution in [2.75, 3.05) is 6.61 Å². The summed E-state index contributed by atoms with van der Waals surface area (Å²) in [6.45, 7) is 3.82. The maximum absolute atomic E-state index is 10.5. The number of aliphatic hydroxyl groups excluding tert-OH is 1. The van der Waals surface area contributed by atoms with Crippen molar-refractivity contribution in [1.82, 2.24) is 0 Å². The Kier molecular flexibility index (Phi) is 8.68. The van der Waals surface area contributed by atoms with Crippen molar-refractivity contribution in [1.29, 1.82) is 0 Å². The predicted octanol–water partition coefficient (Wildman–Crippen LogP) is 1.80. The molecule has 0 fully saturated rings. The molecule has 0 saturated heterocycles. The average molecular weight is 242 g/mol. The molecule has 5 heteroatoms. The van der Waals surface area contributed by atoms with E-state index >= 15 is 0 Å². The Morgan fingerprint density at radius 1 is 1.65 bits per heavy atom. The Morgan fingerprint density at radius 2 is 2.35 bits per heavy atom. The molecule has 0 radical (unpaired) electrons. The number of rotatable bonds is 5. The quantitative estimate of drug-likeness (QED) is 0.484. The van der Waals surface area contributed by atoms with Crippen molar-refractivity contribution in [2.45, 2.75) is 32.8 Å². The number of esters is 1. The molecule has 1 atom stereocenters. The Bertz CT molecular complexity index is 303. The summed E-state index contributed by atoms with van der Waals surface area (Å²) in [4.78, 5) is 20.3. The van der Waals surface area contributed by atoms with Crippen molar-refractivity contribution in [3.8, 4) is 0 Å². The van der Waals surface area contributed by atoms with E-state index in [1.165, 1.54) is 13.2 Å². The highest BCUT2D eigenvalue weighted by Gasteiger charge is 2.08. The van der Waals surface area contributed by atoms with Crippen LogP contribution in [0.1, 0.15) is 37.2 Å². The van der Waals surface area contributed by atoms with Gasteiger partial charge >= 0.3 is 5.97 Å². The van der Waals surface area contributed by atoms with Crippen molar-refractivity contribution >= 4 is 12.3 Å². The van der Waals surface area contributed by atoms with Crippen LogP contribution in [-0.4, -0.2) is 30.1 Å². The van der Waals surface area contributed by atoms with E-state index in [0.29, 0.717) is 18.7 Å². The molecule has 1 aromatic rings. The molecule has 0 aromatic carbocycles. The Labute approximate surface area is 100 Å². The number of hydrogen-bond acceptors (Lipinski definition) is 5. The number of aliphatic hydroxyl groups is 1. The standard InChI is InChI=1S/C7H14O3.C5H4O2/c1-3-4-5-10-7(9)6(2)8;6-4-5-2-1-3-7-5/h6,8H,3-5H2,1-2H3;1-4H. The van der Waals surface area contributed by atoms with Crippen LogP contribution in [-0.2, 0) is 9.53 Å². The van der Waals surface area contributed by atoms with Crippen molar-refractivity contribution in [3.63, 3.8) is 0 Å². The maximum atomic E-state index is 10.5. The highest BCUT2D eigenvalue weighted by atomic mass is 16.5. The summed E-state index contributed by atoms with van der Waals surface area (Å²) in [5.74, 6) is -0.159. The molecule has 5 nitrogen and oxygen atoms in total. The van der Waals surface area contributed by atoms with Crippen LogP contribution in [0.25, 0.3) is 0 Å². The third-order valence-corrected chi connectivity index (χ3v) is 1.74. The average Bonchev–Trinajstić information content (AvgIpc) is 2.82. The topological polar surface area (TPSA) is 76.7 Å². The first-order chi connectivity index (χ1) is 8.11. The molecule has 0 saturated carbocycles. The number of furan rings is 1. The number of carbonyl (C=O) groups is 2. The Morgan fingerprint density at radius 3 is 2.71 bits per heavy atom. The molecule has 1 rings (SSSR count). The van der Waals surface area contributed by atoms with Gasteiger partial charge in [0.2, 0.25) is 0 Å². The molecule has 1 aromatic heterocycles. The molecule has 96 valence electrons.